The molecule has 1 aromatic heterocycles. The minimum atomic E-state index is -0.536. The van der Waals surface area contributed by atoms with Gasteiger partial charge < -0.3 is 11.1 Å². The Labute approximate surface area is 168 Å². The number of carbonyl (C=O) groups excluding carboxylic acids is 2. The molecule has 7 nitrogen and oxygen atoms in total. The second kappa shape index (κ2) is 9.14. The number of unbranched alkanes of at least 4 members (excludes halogenated alkanes) is 3. The van der Waals surface area contributed by atoms with Crippen LogP contribution in [0, 0.1) is 0 Å². The van der Waals surface area contributed by atoms with E-state index in [9.17, 15) is 14.4 Å². The molecular weight excluding hydrogens is 368 g/mol. The maximum atomic E-state index is 12.9. The van der Waals surface area contributed by atoms with Gasteiger partial charge in [0.15, 0.2) is 5.69 Å². The van der Waals surface area contributed by atoms with E-state index >= 15 is 0 Å². The van der Waals surface area contributed by atoms with Crippen molar-refractivity contribution in [2.75, 3.05) is 5.32 Å². The predicted molar refractivity (Wildman–Crippen MR) is 113 cm³/mol. The molecule has 0 atom stereocenters. The van der Waals surface area contributed by atoms with E-state index in [1.807, 2.05) is 0 Å². The Kier molecular flexibility index (Phi) is 6.39. The second-order valence-electron chi connectivity index (χ2n) is 6.88. The van der Waals surface area contributed by atoms with Gasteiger partial charge in [-0.2, -0.15) is 5.10 Å². The molecule has 3 N–H and O–H groups in total. The summed E-state index contributed by atoms with van der Waals surface area (Å²) >= 11 is 0. The van der Waals surface area contributed by atoms with Gasteiger partial charge in [0.25, 0.3) is 11.5 Å². The van der Waals surface area contributed by atoms with Crippen LogP contribution >= 0.6 is 0 Å². The van der Waals surface area contributed by atoms with Crippen molar-refractivity contribution in [3.05, 3.63) is 70.1 Å². The first-order valence-corrected chi connectivity index (χ1v) is 9.72. The van der Waals surface area contributed by atoms with Crippen LogP contribution in [0.4, 0.5) is 5.69 Å². The van der Waals surface area contributed by atoms with E-state index in [0.29, 0.717) is 28.6 Å². The van der Waals surface area contributed by atoms with Crippen LogP contribution < -0.4 is 16.6 Å². The van der Waals surface area contributed by atoms with Crippen LogP contribution in [0.2, 0.25) is 0 Å². The summed E-state index contributed by atoms with van der Waals surface area (Å²) in [6.07, 6.45) is 4.03. The molecular formula is C22H24N4O3. The van der Waals surface area contributed by atoms with Crippen molar-refractivity contribution >= 4 is 28.3 Å². The Morgan fingerprint density at radius 1 is 1.00 bits per heavy atom. The van der Waals surface area contributed by atoms with Crippen molar-refractivity contribution in [3.8, 4) is 0 Å². The topological polar surface area (TPSA) is 107 Å². The number of benzene rings is 2. The van der Waals surface area contributed by atoms with Crippen LogP contribution in [0.5, 0.6) is 0 Å². The molecule has 1 heterocycles. The Morgan fingerprint density at radius 2 is 1.69 bits per heavy atom. The van der Waals surface area contributed by atoms with Gasteiger partial charge in [-0.3, -0.25) is 14.4 Å². The molecule has 0 aliphatic carbocycles. The zero-order valence-corrected chi connectivity index (χ0v) is 16.4. The van der Waals surface area contributed by atoms with Crippen LogP contribution in [0.25, 0.3) is 10.8 Å². The highest BCUT2D eigenvalue weighted by Crippen LogP contribution is 2.16. The molecule has 2 aromatic carbocycles. The molecule has 3 aromatic rings. The number of nitrogens with one attached hydrogen (secondary N) is 1. The molecule has 150 valence electrons. The molecule has 0 unspecified atom stereocenters. The van der Waals surface area contributed by atoms with Crippen LogP contribution in [0.15, 0.2) is 53.3 Å². The summed E-state index contributed by atoms with van der Waals surface area (Å²) in [6.45, 7) is 2.59. The molecule has 2 amide bonds. The van der Waals surface area contributed by atoms with E-state index in [1.165, 1.54) is 16.8 Å². The standard InChI is InChI=1S/C22H24N4O3/c1-2-3-4-7-14-26-22(29)18-9-6-5-8-17(18)19(25-26)21(28)24-16-12-10-15(11-13-16)20(23)27/h5-6,8-13H,2-4,7,14H2,1H3,(H2,23,27)(H,24,28). The Morgan fingerprint density at radius 3 is 2.34 bits per heavy atom. The molecule has 29 heavy (non-hydrogen) atoms. The van der Waals surface area contributed by atoms with Crippen molar-refractivity contribution in [2.24, 2.45) is 5.73 Å². The van der Waals surface area contributed by atoms with E-state index in [0.717, 1.165) is 25.7 Å². The maximum absolute atomic E-state index is 12.9. The molecule has 7 heteroatoms. The first kappa shape index (κ1) is 20.3. The summed E-state index contributed by atoms with van der Waals surface area (Å²) in [4.78, 5) is 36.8. The zero-order chi connectivity index (χ0) is 20.8. The third-order valence-corrected chi connectivity index (χ3v) is 4.73. The lowest BCUT2D eigenvalue weighted by Gasteiger charge is -2.11. The number of fused-ring (bicyclic) bond motifs is 1. The SMILES string of the molecule is CCCCCCn1nc(C(=O)Nc2ccc(C(N)=O)cc2)c2ccccc2c1=O. The lowest BCUT2D eigenvalue weighted by molar-refractivity contribution is 0.0997. The number of nitrogens with zero attached hydrogens (tertiary/aromatic N) is 2. The Balaban J connectivity index is 1.92. The minimum Gasteiger partial charge on any atom is -0.366 e. The average molecular weight is 392 g/mol. The molecule has 0 spiro atoms. The number of aromatic nitrogens is 2. The van der Waals surface area contributed by atoms with E-state index < -0.39 is 11.8 Å². The molecule has 0 saturated carbocycles. The summed E-state index contributed by atoms with van der Waals surface area (Å²) in [6, 6.07) is 13.2. The predicted octanol–water partition coefficient (Wildman–Crippen LogP) is 3.33. The second-order valence-corrected chi connectivity index (χ2v) is 6.88. The summed E-state index contributed by atoms with van der Waals surface area (Å²) in [5.74, 6) is -0.957. The van der Waals surface area contributed by atoms with Gasteiger partial charge in [0.05, 0.1) is 5.39 Å². The van der Waals surface area contributed by atoms with Gasteiger partial charge in [-0.1, -0.05) is 44.4 Å². The van der Waals surface area contributed by atoms with Crippen LogP contribution in [0.1, 0.15) is 53.5 Å². The highest BCUT2D eigenvalue weighted by molar-refractivity contribution is 6.11. The third kappa shape index (κ3) is 4.68. The van der Waals surface area contributed by atoms with Crippen molar-refractivity contribution < 1.29 is 9.59 Å². The van der Waals surface area contributed by atoms with Gasteiger partial charge in [-0.25, -0.2) is 4.68 Å². The monoisotopic (exact) mass is 392 g/mol. The van der Waals surface area contributed by atoms with E-state index in [4.69, 9.17) is 5.73 Å². The van der Waals surface area contributed by atoms with Gasteiger partial charge in [0, 0.05) is 23.2 Å². The zero-order valence-electron chi connectivity index (χ0n) is 16.4. The van der Waals surface area contributed by atoms with Crippen molar-refractivity contribution in [3.63, 3.8) is 0 Å². The van der Waals surface area contributed by atoms with E-state index in [1.54, 1.807) is 36.4 Å². The third-order valence-electron chi connectivity index (χ3n) is 4.73. The number of rotatable bonds is 8. The first-order chi connectivity index (χ1) is 14.0. The van der Waals surface area contributed by atoms with E-state index in [-0.39, 0.29) is 11.3 Å². The largest absolute Gasteiger partial charge is 0.366 e. The quantitative estimate of drug-likeness (QED) is 0.573. The highest BCUT2D eigenvalue weighted by Gasteiger charge is 2.17. The Hall–Kier alpha value is -3.48. The fourth-order valence-electron chi connectivity index (χ4n) is 3.15. The lowest BCUT2D eigenvalue weighted by Crippen LogP contribution is -2.27. The molecule has 3 rings (SSSR count). The fourth-order valence-corrected chi connectivity index (χ4v) is 3.15. The summed E-state index contributed by atoms with van der Waals surface area (Å²) < 4.78 is 1.38. The molecule has 0 bridgehead atoms. The molecule has 0 fully saturated rings. The number of aryl methyl sites for hydroxylation is 1. The molecule has 0 aliphatic rings. The number of anilines is 1. The van der Waals surface area contributed by atoms with Crippen molar-refractivity contribution in [2.45, 2.75) is 39.2 Å². The van der Waals surface area contributed by atoms with E-state index in [2.05, 4.69) is 17.3 Å². The number of nitrogens with two attached hydrogens (primary N) is 1. The Bertz CT molecular complexity index is 1090. The van der Waals surface area contributed by atoms with Crippen molar-refractivity contribution in [1.82, 2.24) is 9.78 Å². The number of amides is 2. The summed E-state index contributed by atoms with van der Waals surface area (Å²) in [7, 11) is 0. The van der Waals surface area contributed by atoms with Crippen LogP contribution in [-0.4, -0.2) is 21.6 Å². The number of hydrogen-bond donors (Lipinski definition) is 2. The van der Waals surface area contributed by atoms with Gasteiger partial charge in [0.2, 0.25) is 5.91 Å². The van der Waals surface area contributed by atoms with Crippen LogP contribution in [0.3, 0.4) is 0 Å². The maximum Gasteiger partial charge on any atom is 0.276 e. The van der Waals surface area contributed by atoms with Gasteiger partial charge in [0.1, 0.15) is 0 Å². The molecule has 0 saturated heterocycles. The van der Waals surface area contributed by atoms with Gasteiger partial charge in [-0.15, -0.1) is 0 Å². The summed E-state index contributed by atoms with van der Waals surface area (Å²) in [5, 5.41) is 8.10. The van der Waals surface area contributed by atoms with Crippen molar-refractivity contribution in [1.29, 1.82) is 0 Å². The van der Waals surface area contributed by atoms with Gasteiger partial charge in [-0.05, 0) is 36.8 Å². The first-order valence-electron chi connectivity index (χ1n) is 9.72. The minimum absolute atomic E-state index is 0.190. The van der Waals surface area contributed by atoms with Gasteiger partial charge >= 0.3 is 0 Å². The number of primary amides is 1. The summed E-state index contributed by atoms with van der Waals surface area (Å²) in [5.41, 5.74) is 6.09. The normalized spacial score (nSPS) is 10.8. The highest BCUT2D eigenvalue weighted by atomic mass is 16.2. The molecule has 0 aliphatic heterocycles. The number of carbonyl (C=O) groups is 2. The number of hydrogen-bond acceptors (Lipinski definition) is 4. The average Bonchev–Trinajstić information content (AvgIpc) is 2.73. The van der Waals surface area contributed by atoms with Crippen LogP contribution in [-0.2, 0) is 6.54 Å². The lowest BCUT2D eigenvalue weighted by atomic mass is 10.1. The smallest absolute Gasteiger partial charge is 0.276 e. The molecule has 0 radical (unpaired) electrons. The fraction of sp³-hybridized carbons (Fsp3) is 0.273.